The van der Waals surface area contributed by atoms with Crippen LogP contribution in [-0.2, 0) is 0 Å². The molecule has 0 radical (unpaired) electrons. The Morgan fingerprint density at radius 2 is 1.80 bits per heavy atom. The predicted molar refractivity (Wildman–Crippen MR) is 87.7 cm³/mol. The molecule has 0 spiro atoms. The SMILES string of the molecule is CCC(CNCC(C)C)Oc1cc(C(C)C)ccc1C. The average molecular weight is 277 g/mol. The molecule has 2 nitrogen and oxygen atoms in total. The van der Waals surface area contributed by atoms with E-state index >= 15 is 0 Å². The molecule has 0 aliphatic carbocycles. The van der Waals surface area contributed by atoms with Gasteiger partial charge in [-0.05, 0) is 48.9 Å². The van der Waals surface area contributed by atoms with Crippen LogP contribution in [0.2, 0.25) is 0 Å². The highest BCUT2D eigenvalue weighted by atomic mass is 16.5. The van der Waals surface area contributed by atoms with Gasteiger partial charge in [0.05, 0.1) is 0 Å². The van der Waals surface area contributed by atoms with Gasteiger partial charge < -0.3 is 10.1 Å². The van der Waals surface area contributed by atoms with Crippen molar-refractivity contribution in [1.29, 1.82) is 0 Å². The molecular weight excluding hydrogens is 246 g/mol. The molecule has 1 aromatic rings. The van der Waals surface area contributed by atoms with E-state index in [1.165, 1.54) is 11.1 Å². The lowest BCUT2D eigenvalue weighted by molar-refractivity contribution is 0.190. The topological polar surface area (TPSA) is 21.3 Å². The molecule has 0 heterocycles. The van der Waals surface area contributed by atoms with Crippen LogP contribution < -0.4 is 10.1 Å². The van der Waals surface area contributed by atoms with Gasteiger partial charge in [-0.15, -0.1) is 0 Å². The van der Waals surface area contributed by atoms with E-state index in [9.17, 15) is 0 Å². The van der Waals surface area contributed by atoms with Crippen molar-refractivity contribution in [2.24, 2.45) is 5.92 Å². The van der Waals surface area contributed by atoms with Crippen molar-refractivity contribution in [2.75, 3.05) is 13.1 Å². The quantitative estimate of drug-likeness (QED) is 0.754. The van der Waals surface area contributed by atoms with Gasteiger partial charge in [-0.2, -0.15) is 0 Å². The van der Waals surface area contributed by atoms with Crippen molar-refractivity contribution in [2.45, 2.75) is 60.0 Å². The lowest BCUT2D eigenvalue weighted by atomic mass is 10.0. The van der Waals surface area contributed by atoms with Crippen molar-refractivity contribution < 1.29 is 4.74 Å². The molecule has 2 heteroatoms. The second kappa shape index (κ2) is 8.31. The Balaban J connectivity index is 2.66. The van der Waals surface area contributed by atoms with Gasteiger partial charge in [-0.1, -0.05) is 46.8 Å². The summed E-state index contributed by atoms with van der Waals surface area (Å²) in [7, 11) is 0. The second-order valence-corrected chi connectivity index (χ2v) is 6.38. The third-order valence-corrected chi connectivity index (χ3v) is 3.55. The van der Waals surface area contributed by atoms with E-state index in [0.717, 1.165) is 25.3 Å². The first-order valence-electron chi connectivity index (χ1n) is 7.91. The maximum Gasteiger partial charge on any atom is 0.122 e. The van der Waals surface area contributed by atoms with Gasteiger partial charge in [0.2, 0.25) is 0 Å². The van der Waals surface area contributed by atoms with E-state index in [2.05, 4.69) is 65.1 Å². The number of ether oxygens (including phenoxy) is 1. The van der Waals surface area contributed by atoms with Crippen LogP contribution in [0.5, 0.6) is 5.75 Å². The molecule has 1 N–H and O–H groups in total. The molecule has 1 atom stereocenters. The summed E-state index contributed by atoms with van der Waals surface area (Å²) in [4.78, 5) is 0. The van der Waals surface area contributed by atoms with Gasteiger partial charge in [0.25, 0.3) is 0 Å². The first kappa shape index (κ1) is 17.0. The third-order valence-electron chi connectivity index (χ3n) is 3.55. The van der Waals surface area contributed by atoms with Crippen LogP contribution in [0.1, 0.15) is 58.1 Å². The predicted octanol–water partition coefficient (Wildman–Crippen LogP) is 4.52. The van der Waals surface area contributed by atoms with E-state index in [4.69, 9.17) is 4.74 Å². The van der Waals surface area contributed by atoms with Crippen molar-refractivity contribution in [3.63, 3.8) is 0 Å². The Morgan fingerprint density at radius 1 is 1.10 bits per heavy atom. The van der Waals surface area contributed by atoms with Crippen molar-refractivity contribution in [1.82, 2.24) is 5.32 Å². The molecule has 0 aromatic heterocycles. The Hall–Kier alpha value is -1.02. The molecule has 0 fully saturated rings. The molecule has 20 heavy (non-hydrogen) atoms. The summed E-state index contributed by atoms with van der Waals surface area (Å²) in [6, 6.07) is 6.56. The summed E-state index contributed by atoms with van der Waals surface area (Å²) in [5, 5.41) is 3.49. The number of aryl methyl sites for hydroxylation is 1. The molecular formula is C18H31NO. The van der Waals surface area contributed by atoms with Crippen LogP contribution in [0.4, 0.5) is 0 Å². The minimum absolute atomic E-state index is 0.245. The monoisotopic (exact) mass is 277 g/mol. The molecule has 0 aliphatic rings. The fourth-order valence-electron chi connectivity index (χ4n) is 2.08. The summed E-state index contributed by atoms with van der Waals surface area (Å²) in [6.45, 7) is 15.2. The Morgan fingerprint density at radius 3 is 2.35 bits per heavy atom. The van der Waals surface area contributed by atoms with E-state index in [0.29, 0.717) is 11.8 Å². The number of benzene rings is 1. The molecule has 0 aliphatic heterocycles. The van der Waals surface area contributed by atoms with Crippen molar-refractivity contribution >= 4 is 0 Å². The first-order chi connectivity index (χ1) is 9.43. The van der Waals surface area contributed by atoms with Gasteiger partial charge >= 0.3 is 0 Å². The van der Waals surface area contributed by atoms with Crippen LogP contribution in [0.3, 0.4) is 0 Å². The van der Waals surface area contributed by atoms with Gasteiger partial charge in [-0.3, -0.25) is 0 Å². The maximum absolute atomic E-state index is 6.20. The number of rotatable bonds is 8. The summed E-state index contributed by atoms with van der Waals surface area (Å²) in [6.07, 6.45) is 1.27. The second-order valence-electron chi connectivity index (χ2n) is 6.38. The van der Waals surface area contributed by atoms with Crippen molar-refractivity contribution in [3.05, 3.63) is 29.3 Å². The van der Waals surface area contributed by atoms with E-state index in [1.807, 2.05) is 0 Å². The standard InChI is InChI=1S/C18H31NO/c1-7-17(12-19-11-13(2)3)20-18-10-16(14(4)5)9-8-15(18)6/h8-10,13-14,17,19H,7,11-12H2,1-6H3. The van der Waals surface area contributed by atoms with Crippen LogP contribution in [0.15, 0.2) is 18.2 Å². The Kier molecular flexibility index (Phi) is 7.08. The van der Waals surface area contributed by atoms with Crippen molar-refractivity contribution in [3.8, 4) is 5.75 Å². The Bertz CT molecular complexity index is 398. The first-order valence-corrected chi connectivity index (χ1v) is 7.91. The Labute approximate surface area is 124 Å². The normalized spacial score (nSPS) is 13.0. The largest absolute Gasteiger partial charge is 0.489 e. The zero-order valence-corrected chi connectivity index (χ0v) is 14.0. The number of hydrogen-bond acceptors (Lipinski definition) is 2. The molecule has 0 saturated carbocycles. The van der Waals surface area contributed by atoms with E-state index in [-0.39, 0.29) is 6.10 Å². The highest BCUT2D eigenvalue weighted by Crippen LogP contribution is 2.25. The molecule has 0 amide bonds. The fraction of sp³-hybridized carbons (Fsp3) is 0.667. The van der Waals surface area contributed by atoms with Gasteiger partial charge in [-0.25, -0.2) is 0 Å². The van der Waals surface area contributed by atoms with Crippen LogP contribution in [0.25, 0.3) is 0 Å². The third kappa shape index (κ3) is 5.54. The van der Waals surface area contributed by atoms with Gasteiger partial charge in [0.15, 0.2) is 0 Å². The smallest absolute Gasteiger partial charge is 0.122 e. The summed E-state index contributed by atoms with van der Waals surface area (Å²) < 4.78 is 6.20. The molecule has 1 rings (SSSR count). The maximum atomic E-state index is 6.20. The molecule has 1 aromatic carbocycles. The zero-order chi connectivity index (χ0) is 15.1. The molecule has 1 unspecified atom stereocenters. The minimum Gasteiger partial charge on any atom is -0.489 e. The lowest BCUT2D eigenvalue weighted by Crippen LogP contribution is -2.33. The zero-order valence-electron chi connectivity index (χ0n) is 14.0. The summed E-state index contributed by atoms with van der Waals surface area (Å²) in [5.74, 6) is 2.25. The molecule has 0 bridgehead atoms. The molecule has 0 saturated heterocycles. The molecule has 114 valence electrons. The lowest BCUT2D eigenvalue weighted by Gasteiger charge is -2.21. The van der Waals surface area contributed by atoms with Crippen LogP contribution >= 0.6 is 0 Å². The van der Waals surface area contributed by atoms with E-state index < -0.39 is 0 Å². The number of nitrogens with one attached hydrogen (secondary N) is 1. The number of hydrogen-bond donors (Lipinski definition) is 1. The van der Waals surface area contributed by atoms with Crippen LogP contribution in [-0.4, -0.2) is 19.2 Å². The minimum atomic E-state index is 0.245. The average Bonchev–Trinajstić information content (AvgIpc) is 2.39. The highest BCUT2D eigenvalue weighted by Gasteiger charge is 2.11. The summed E-state index contributed by atoms with van der Waals surface area (Å²) in [5.41, 5.74) is 2.56. The van der Waals surface area contributed by atoms with Gasteiger partial charge in [0.1, 0.15) is 11.9 Å². The fourth-order valence-corrected chi connectivity index (χ4v) is 2.08. The van der Waals surface area contributed by atoms with E-state index in [1.54, 1.807) is 0 Å². The van der Waals surface area contributed by atoms with Gasteiger partial charge in [0, 0.05) is 6.54 Å². The highest BCUT2D eigenvalue weighted by molar-refractivity contribution is 5.37. The summed E-state index contributed by atoms with van der Waals surface area (Å²) >= 11 is 0. The van der Waals surface area contributed by atoms with Crippen LogP contribution in [0, 0.1) is 12.8 Å².